The summed E-state index contributed by atoms with van der Waals surface area (Å²) in [5.41, 5.74) is -2.37. The molecule has 1 fully saturated rings. The molecule has 15 heteroatoms. The molecule has 1 aromatic carbocycles. The zero-order valence-corrected chi connectivity index (χ0v) is 19.1. The fourth-order valence-electron chi connectivity index (χ4n) is 3.08. The van der Waals surface area contributed by atoms with E-state index in [4.69, 9.17) is 22.3 Å². The lowest BCUT2D eigenvalue weighted by Crippen LogP contribution is -2.35. The third-order valence-electron chi connectivity index (χ3n) is 5.05. The summed E-state index contributed by atoms with van der Waals surface area (Å²) in [6.07, 6.45) is -7.30. The van der Waals surface area contributed by atoms with E-state index in [1.165, 1.54) is 18.2 Å². The summed E-state index contributed by atoms with van der Waals surface area (Å²) in [5.74, 6) is -2.65. The summed E-state index contributed by atoms with van der Waals surface area (Å²) in [6.45, 7) is -1.98. The number of benzene rings is 1. The van der Waals surface area contributed by atoms with Crippen molar-refractivity contribution in [3.05, 3.63) is 46.1 Å². The topological polar surface area (TPSA) is 116 Å². The Bertz CT molecular complexity index is 1260. The lowest BCUT2D eigenvalue weighted by Gasteiger charge is -2.13. The van der Waals surface area contributed by atoms with Crippen LogP contribution in [0.2, 0.25) is 5.02 Å². The van der Waals surface area contributed by atoms with Crippen molar-refractivity contribution in [2.45, 2.75) is 30.7 Å². The number of halogens is 7. The van der Waals surface area contributed by atoms with Gasteiger partial charge in [0.05, 0.1) is 16.7 Å². The van der Waals surface area contributed by atoms with Gasteiger partial charge in [0.25, 0.3) is 5.91 Å². The molecule has 0 unspecified atom stereocenters. The number of hydrogen-bond acceptors (Lipinski definition) is 6. The number of amides is 1. The van der Waals surface area contributed by atoms with Crippen molar-refractivity contribution in [1.82, 2.24) is 15.1 Å². The van der Waals surface area contributed by atoms with Gasteiger partial charge in [0.2, 0.25) is 5.88 Å². The van der Waals surface area contributed by atoms with E-state index in [0.717, 1.165) is 19.5 Å². The number of nitriles is 1. The molecule has 2 aromatic rings. The number of aromatic nitrogens is 2. The Hall–Kier alpha value is -3.73. The average Bonchev–Trinajstić information content (AvgIpc) is 3.47. The maximum absolute atomic E-state index is 13.6. The number of carbonyl (C=O) groups is 1. The number of hydrogen-bond donors (Lipinski definition) is 3. The molecule has 0 bridgehead atoms. The molecule has 3 N–H and O–H groups in total. The summed E-state index contributed by atoms with van der Waals surface area (Å²) in [7, 11) is 1.06. The van der Waals surface area contributed by atoms with Gasteiger partial charge in [-0.3, -0.25) is 4.79 Å². The Morgan fingerprint density at radius 1 is 1.33 bits per heavy atom. The van der Waals surface area contributed by atoms with Crippen LogP contribution >= 0.6 is 11.6 Å². The minimum absolute atomic E-state index is 0.00535. The van der Waals surface area contributed by atoms with Crippen LogP contribution in [-0.4, -0.2) is 40.2 Å². The van der Waals surface area contributed by atoms with Crippen molar-refractivity contribution < 1.29 is 35.9 Å². The molecule has 0 atom stereocenters. The molecule has 192 valence electrons. The van der Waals surface area contributed by atoms with E-state index in [1.807, 2.05) is 6.07 Å². The van der Waals surface area contributed by atoms with Crippen LogP contribution in [0, 0.1) is 16.7 Å². The number of anilines is 1. The predicted octanol–water partition coefficient (Wildman–Crippen LogP) is 4.92. The van der Waals surface area contributed by atoms with Crippen molar-refractivity contribution in [2.75, 3.05) is 11.9 Å². The second-order valence-corrected chi connectivity index (χ2v) is 8.19. The summed E-state index contributed by atoms with van der Waals surface area (Å²) in [6, 6.07) is 6.02. The Morgan fingerprint density at radius 3 is 2.53 bits per heavy atom. The number of nitrogens with zero attached hydrogens (tertiary/aromatic N) is 3. The SMILES string of the molecule is Cn1nc(OCC(F)(F)F)c(C(F)(F)F)c1N/C=C(\C=N)c1ccc(Cl)c(C(=O)NC2(C#N)CC2)c1. The first-order valence-electron chi connectivity index (χ1n) is 10.0. The fraction of sp³-hybridized carbons (Fsp3) is 0.333. The van der Waals surface area contributed by atoms with Gasteiger partial charge in [-0.15, -0.1) is 5.10 Å². The van der Waals surface area contributed by atoms with Crippen molar-refractivity contribution in [3.8, 4) is 11.9 Å². The van der Waals surface area contributed by atoms with E-state index in [-0.39, 0.29) is 21.7 Å². The Labute approximate surface area is 205 Å². The van der Waals surface area contributed by atoms with E-state index in [2.05, 4.69) is 20.5 Å². The van der Waals surface area contributed by atoms with Crippen molar-refractivity contribution in [2.24, 2.45) is 7.05 Å². The minimum Gasteiger partial charge on any atom is -0.466 e. The highest BCUT2D eigenvalue weighted by Crippen LogP contribution is 2.41. The van der Waals surface area contributed by atoms with Gasteiger partial charge in [0.1, 0.15) is 11.4 Å². The van der Waals surface area contributed by atoms with Gasteiger partial charge < -0.3 is 20.8 Å². The second kappa shape index (κ2) is 9.73. The lowest BCUT2D eigenvalue weighted by atomic mass is 10.0. The van der Waals surface area contributed by atoms with Crippen LogP contribution in [0.1, 0.15) is 34.3 Å². The van der Waals surface area contributed by atoms with Gasteiger partial charge in [-0.05, 0) is 30.5 Å². The van der Waals surface area contributed by atoms with Crippen LogP contribution in [0.4, 0.5) is 32.2 Å². The van der Waals surface area contributed by atoms with Crippen LogP contribution in [0.3, 0.4) is 0 Å². The van der Waals surface area contributed by atoms with Crippen LogP contribution in [-0.2, 0) is 13.2 Å². The van der Waals surface area contributed by atoms with E-state index in [1.54, 1.807) is 0 Å². The number of rotatable bonds is 8. The first-order chi connectivity index (χ1) is 16.7. The molecule has 1 aliphatic rings. The molecule has 8 nitrogen and oxygen atoms in total. The van der Waals surface area contributed by atoms with Gasteiger partial charge in [-0.1, -0.05) is 17.7 Å². The molecule has 1 saturated carbocycles. The van der Waals surface area contributed by atoms with Crippen LogP contribution in [0.25, 0.3) is 5.57 Å². The van der Waals surface area contributed by atoms with E-state index in [0.29, 0.717) is 17.5 Å². The van der Waals surface area contributed by atoms with E-state index in [9.17, 15) is 31.1 Å². The molecule has 0 spiro atoms. The average molecular weight is 535 g/mol. The monoisotopic (exact) mass is 534 g/mol. The van der Waals surface area contributed by atoms with Gasteiger partial charge in [0.15, 0.2) is 12.2 Å². The number of carbonyl (C=O) groups excluding carboxylic acids is 1. The van der Waals surface area contributed by atoms with E-state index < -0.39 is 47.7 Å². The third kappa shape index (κ3) is 6.09. The molecule has 1 aromatic heterocycles. The summed E-state index contributed by atoms with van der Waals surface area (Å²) >= 11 is 6.09. The first kappa shape index (κ1) is 26.9. The highest BCUT2D eigenvalue weighted by Gasteiger charge is 2.45. The number of nitrogens with one attached hydrogen (secondary N) is 3. The maximum Gasteiger partial charge on any atom is 0.425 e. The molecule has 1 amide bonds. The Morgan fingerprint density at radius 2 is 2.00 bits per heavy atom. The molecule has 0 radical (unpaired) electrons. The molecular weight excluding hydrogens is 518 g/mol. The van der Waals surface area contributed by atoms with Gasteiger partial charge in [0, 0.05) is 25.0 Å². The Kier molecular flexibility index (Phi) is 7.26. The number of alkyl halides is 6. The number of allylic oxidation sites excluding steroid dienone is 1. The van der Waals surface area contributed by atoms with Crippen molar-refractivity contribution in [3.63, 3.8) is 0 Å². The molecule has 3 rings (SSSR count). The molecular formula is C21H17ClF6N6O2. The smallest absolute Gasteiger partial charge is 0.425 e. The molecule has 0 aliphatic heterocycles. The molecule has 0 saturated heterocycles. The van der Waals surface area contributed by atoms with Crippen LogP contribution in [0.5, 0.6) is 5.88 Å². The fourth-order valence-corrected chi connectivity index (χ4v) is 3.28. The molecule has 1 heterocycles. The van der Waals surface area contributed by atoms with Crippen LogP contribution in [0.15, 0.2) is 24.4 Å². The Balaban J connectivity index is 1.92. The zero-order chi connectivity index (χ0) is 26.9. The molecule has 1 aliphatic carbocycles. The maximum atomic E-state index is 13.6. The highest BCUT2D eigenvalue weighted by molar-refractivity contribution is 6.34. The van der Waals surface area contributed by atoms with E-state index >= 15 is 0 Å². The van der Waals surface area contributed by atoms with Crippen molar-refractivity contribution >= 4 is 35.1 Å². The largest absolute Gasteiger partial charge is 0.466 e. The lowest BCUT2D eigenvalue weighted by molar-refractivity contribution is -0.159. The highest BCUT2D eigenvalue weighted by atomic mass is 35.5. The number of ether oxygens (including phenoxy) is 1. The standard InChI is InChI=1S/C21H17ClF6N6O2/c1-34-16(15(21(26,27)28)18(33-34)36-10-20(23,24)25)31-8-12(7-29)11-2-3-14(22)13(6-11)17(35)32-19(9-30)4-5-19/h2-3,6-8,29,31H,4-5,10H2,1H3,(H,32,35)/b12-8+,29-7?. The zero-order valence-electron chi connectivity index (χ0n) is 18.3. The summed E-state index contributed by atoms with van der Waals surface area (Å²) in [4.78, 5) is 12.6. The first-order valence-corrected chi connectivity index (χ1v) is 10.4. The van der Waals surface area contributed by atoms with Gasteiger partial charge in [-0.2, -0.15) is 31.6 Å². The number of aryl methyl sites for hydroxylation is 1. The summed E-state index contributed by atoms with van der Waals surface area (Å²) in [5, 5.41) is 25.1. The summed E-state index contributed by atoms with van der Waals surface area (Å²) < 4.78 is 83.1. The second-order valence-electron chi connectivity index (χ2n) is 7.78. The molecule has 36 heavy (non-hydrogen) atoms. The third-order valence-corrected chi connectivity index (χ3v) is 5.38. The normalized spacial score (nSPS) is 15.1. The minimum atomic E-state index is -5.12. The van der Waals surface area contributed by atoms with Crippen LogP contribution < -0.4 is 15.4 Å². The quantitative estimate of drug-likeness (QED) is 0.328. The van der Waals surface area contributed by atoms with Gasteiger partial charge >= 0.3 is 12.4 Å². The van der Waals surface area contributed by atoms with Gasteiger partial charge in [-0.25, -0.2) is 4.68 Å². The predicted molar refractivity (Wildman–Crippen MR) is 117 cm³/mol. The van der Waals surface area contributed by atoms with Crippen molar-refractivity contribution in [1.29, 1.82) is 10.7 Å².